The number of hydrogen-bond donors (Lipinski definition) is 1. The van der Waals surface area contributed by atoms with E-state index >= 15 is 0 Å². The van der Waals surface area contributed by atoms with E-state index < -0.39 is 0 Å². The Bertz CT molecular complexity index is 592. The number of fused-ring (bicyclic) bond motifs is 1. The predicted molar refractivity (Wildman–Crippen MR) is 70.1 cm³/mol. The van der Waals surface area contributed by atoms with Crippen LogP contribution in [0.15, 0.2) is 18.3 Å². The van der Waals surface area contributed by atoms with Gasteiger partial charge in [0.2, 0.25) is 0 Å². The lowest BCUT2D eigenvalue weighted by Crippen LogP contribution is -2.26. The fourth-order valence-electron chi connectivity index (χ4n) is 2.34. The van der Waals surface area contributed by atoms with E-state index in [9.17, 15) is 0 Å². The zero-order valence-electron chi connectivity index (χ0n) is 10.7. The Morgan fingerprint density at radius 3 is 2.94 bits per heavy atom. The molecule has 0 aromatic carbocycles. The average Bonchev–Trinajstić information content (AvgIpc) is 2.39. The van der Waals surface area contributed by atoms with Crippen LogP contribution in [0.2, 0.25) is 0 Å². The van der Waals surface area contributed by atoms with Crippen molar-refractivity contribution in [2.75, 3.05) is 6.54 Å². The minimum absolute atomic E-state index is 0.756. The zero-order chi connectivity index (χ0) is 12.5. The van der Waals surface area contributed by atoms with Crippen LogP contribution in [0.5, 0.6) is 0 Å². The molecule has 3 rings (SSSR count). The Labute approximate surface area is 107 Å². The van der Waals surface area contributed by atoms with Crippen LogP contribution >= 0.6 is 0 Å². The van der Waals surface area contributed by atoms with E-state index in [-0.39, 0.29) is 0 Å². The maximum absolute atomic E-state index is 4.69. The van der Waals surface area contributed by atoms with Crippen molar-refractivity contribution < 1.29 is 0 Å². The molecular weight excluding hydrogens is 224 g/mol. The van der Waals surface area contributed by atoms with E-state index in [0.717, 1.165) is 42.3 Å². The van der Waals surface area contributed by atoms with Gasteiger partial charge in [-0.15, -0.1) is 0 Å². The maximum atomic E-state index is 4.69. The van der Waals surface area contributed by atoms with Crippen LogP contribution in [-0.4, -0.2) is 21.5 Å². The molecule has 0 saturated carbocycles. The van der Waals surface area contributed by atoms with Gasteiger partial charge in [0, 0.05) is 37.0 Å². The molecule has 0 atom stereocenters. The molecule has 0 saturated heterocycles. The summed E-state index contributed by atoms with van der Waals surface area (Å²) in [5, 5.41) is 3.36. The van der Waals surface area contributed by atoms with Crippen LogP contribution in [0.3, 0.4) is 0 Å². The fourth-order valence-corrected chi connectivity index (χ4v) is 2.34. The number of nitrogens with one attached hydrogen (secondary N) is 1. The largest absolute Gasteiger partial charge is 0.312 e. The van der Waals surface area contributed by atoms with Crippen LogP contribution in [0.25, 0.3) is 11.5 Å². The monoisotopic (exact) mass is 240 g/mol. The van der Waals surface area contributed by atoms with Crippen LogP contribution in [0.4, 0.5) is 0 Å². The first-order chi connectivity index (χ1) is 8.75. The first-order valence-electron chi connectivity index (χ1n) is 6.25. The summed E-state index contributed by atoms with van der Waals surface area (Å²) in [4.78, 5) is 13.7. The van der Waals surface area contributed by atoms with E-state index in [4.69, 9.17) is 4.98 Å². The first kappa shape index (κ1) is 11.3. The molecule has 0 radical (unpaired) electrons. The van der Waals surface area contributed by atoms with Crippen molar-refractivity contribution in [3.05, 3.63) is 40.8 Å². The van der Waals surface area contributed by atoms with Gasteiger partial charge >= 0.3 is 0 Å². The highest BCUT2D eigenvalue weighted by Crippen LogP contribution is 2.21. The Morgan fingerprint density at radius 2 is 2.11 bits per heavy atom. The van der Waals surface area contributed by atoms with Gasteiger partial charge in [-0.3, -0.25) is 4.98 Å². The molecule has 1 aliphatic rings. The van der Waals surface area contributed by atoms with Gasteiger partial charge in [-0.25, -0.2) is 9.97 Å². The van der Waals surface area contributed by atoms with Crippen LogP contribution in [-0.2, 0) is 13.0 Å². The molecule has 18 heavy (non-hydrogen) atoms. The third kappa shape index (κ3) is 1.88. The minimum atomic E-state index is 0.756. The quantitative estimate of drug-likeness (QED) is 0.825. The van der Waals surface area contributed by atoms with E-state index in [1.165, 1.54) is 11.3 Å². The second-order valence-corrected chi connectivity index (χ2v) is 4.65. The van der Waals surface area contributed by atoms with Crippen LogP contribution < -0.4 is 5.32 Å². The fraction of sp³-hybridized carbons (Fsp3) is 0.357. The molecule has 0 spiro atoms. The second kappa shape index (κ2) is 4.46. The topological polar surface area (TPSA) is 50.7 Å². The van der Waals surface area contributed by atoms with Crippen molar-refractivity contribution in [1.29, 1.82) is 0 Å². The average molecular weight is 240 g/mol. The Kier molecular flexibility index (Phi) is 2.80. The molecule has 4 heteroatoms. The number of hydrogen-bond acceptors (Lipinski definition) is 4. The summed E-state index contributed by atoms with van der Waals surface area (Å²) in [6.45, 7) is 5.96. The van der Waals surface area contributed by atoms with Crippen LogP contribution in [0.1, 0.15) is 22.5 Å². The number of rotatable bonds is 1. The normalized spacial score (nSPS) is 14.3. The number of aryl methyl sites for hydroxylation is 2. The molecule has 0 amide bonds. The Morgan fingerprint density at radius 1 is 1.22 bits per heavy atom. The van der Waals surface area contributed by atoms with Crippen molar-refractivity contribution in [3.8, 4) is 11.5 Å². The van der Waals surface area contributed by atoms with Crippen molar-refractivity contribution in [2.24, 2.45) is 0 Å². The third-order valence-electron chi connectivity index (χ3n) is 3.36. The van der Waals surface area contributed by atoms with E-state index in [0.29, 0.717) is 0 Å². The van der Waals surface area contributed by atoms with Crippen molar-refractivity contribution in [3.63, 3.8) is 0 Å². The lowest BCUT2D eigenvalue weighted by atomic mass is 10.1. The summed E-state index contributed by atoms with van der Waals surface area (Å²) in [6.07, 6.45) is 2.76. The predicted octanol–water partition coefficient (Wildman–Crippen LogP) is 1.80. The minimum Gasteiger partial charge on any atom is -0.312 e. The number of pyridine rings is 1. The summed E-state index contributed by atoms with van der Waals surface area (Å²) in [5.74, 6) is 0.756. The second-order valence-electron chi connectivity index (χ2n) is 4.65. The molecule has 2 aromatic heterocycles. The summed E-state index contributed by atoms with van der Waals surface area (Å²) >= 11 is 0. The summed E-state index contributed by atoms with van der Waals surface area (Å²) in [7, 11) is 0. The maximum Gasteiger partial charge on any atom is 0.178 e. The molecular formula is C14H16N4. The molecule has 0 aliphatic carbocycles. The number of nitrogens with zero attached hydrogens (tertiary/aromatic N) is 3. The Balaban J connectivity index is 2.14. The molecule has 92 valence electrons. The SMILES string of the molecule is Cc1cccnc1-c1nc(C)c2c(n1)CCNC2. The highest BCUT2D eigenvalue weighted by atomic mass is 15.0. The van der Waals surface area contributed by atoms with Gasteiger partial charge in [-0.1, -0.05) is 6.07 Å². The van der Waals surface area contributed by atoms with Gasteiger partial charge in [0.1, 0.15) is 5.69 Å². The van der Waals surface area contributed by atoms with E-state index in [1.807, 2.05) is 19.1 Å². The van der Waals surface area contributed by atoms with Gasteiger partial charge in [-0.2, -0.15) is 0 Å². The van der Waals surface area contributed by atoms with E-state index in [2.05, 4.69) is 22.2 Å². The Hall–Kier alpha value is -1.81. The van der Waals surface area contributed by atoms with Gasteiger partial charge < -0.3 is 5.32 Å². The van der Waals surface area contributed by atoms with Crippen molar-refractivity contribution in [1.82, 2.24) is 20.3 Å². The first-order valence-corrected chi connectivity index (χ1v) is 6.25. The summed E-state index contributed by atoms with van der Waals surface area (Å²) in [5.41, 5.74) is 5.49. The summed E-state index contributed by atoms with van der Waals surface area (Å²) < 4.78 is 0. The molecule has 0 fully saturated rings. The highest BCUT2D eigenvalue weighted by molar-refractivity contribution is 5.55. The van der Waals surface area contributed by atoms with Gasteiger partial charge in [-0.05, 0) is 25.5 Å². The van der Waals surface area contributed by atoms with Gasteiger partial charge in [0.05, 0.1) is 5.69 Å². The lowest BCUT2D eigenvalue weighted by molar-refractivity contribution is 0.621. The molecule has 1 aliphatic heterocycles. The van der Waals surface area contributed by atoms with Gasteiger partial charge in [0.15, 0.2) is 5.82 Å². The molecule has 2 aromatic rings. The molecule has 0 unspecified atom stereocenters. The smallest absolute Gasteiger partial charge is 0.178 e. The van der Waals surface area contributed by atoms with E-state index in [1.54, 1.807) is 6.20 Å². The van der Waals surface area contributed by atoms with Crippen molar-refractivity contribution in [2.45, 2.75) is 26.8 Å². The standard InChI is InChI=1S/C14H16N4/c1-9-4-3-6-16-13(9)14-17-10(2)11-8-15-7-5-12(11)18-14/h3-4,6,15H,5,7-8H2,1-2H3. The molecule has 1 N–H and O–H groups in total. The number of aromatic nitrogens is 3. The van der Waals surface area contributed by atoms with Crippen molar-refractivity contribution >= 4 is 0 Å². The van der Waals surface area contributed by atoms with Crippen LogP contribution in [0, 0.1) is 13.8 Å². The van der Waals surface area contributed by atoms with Gasteiger partial charge in [0.25, 0.3) is 0 Å². The molecule has 0 bridgehead atoms. The zero-order valence-corrected chi connectivity index (χ0v) is 10.7. The third-order valence-corrected chi connectivity index (χ3v) is 3.36. The molecule has 3 heterocycles. The summed E-state index contributed by atoms with van der Waals surface area (Å²) in [6, 6.07) is 3.98. The highest BCUT2D eigenvalue weighted by Gasteiger charge is 2.16. The molecule has 4 nitrogen and oxygen atoms in total. The lowest BCUT2D eigenvalue weighted by Gasteiger charge is -2.18.